The van der Waals surface area contributed by atoms with Crippen molar-refractivity contribution in [1.29, 1.82) is 0 Å². The number of hydrogen-bond donors (Lipinski definition) is 1. The van der Waals surface area contributed by atoms with Gasteiger partial charge in [-0.05, 0) is 36.8 Å². The summed E-state index contributed by atoms with van der Waals surface area (Å²) < 4.78 is 5.28. The Bertz CT molecular complexity index is 407. The van der Waals surface area contributed by atoms with Gasteiger partial charge in [-0.3, -0.25) is 0 Å². The fraction of sp³-hybridized carbons (Fsp3) is 0.571. The van der Waals surface area contributed by atoms with Crippen LogP contribution in [0.4, 0.5) is 11.4 Å². The SMILES string of the molecule is COc1ccc(N)c(N2CC3CCCC3C2)c1. The minimum Gasteiger partial charge on any atom is -0.497 e. The standard InChI is InChI=1S/C14H20N2O/c1-17-12-5-6-13(15)14(7-12)16-8-10-3-2-4-11(10)9-16/h5-7,10-11H,2-4,8-9,15H2,1H3. The number of benzene rings is 1. The molecule has 0 radical (unpaired) electrons. The summed E-state index contributed by atoms with van der Waals surface area (Å²) in [5, 5.41) is 0. The number of anilines is 2. The number of nitrogens with two attached hydrogens (primary N) is 1. The molecule has 1 aromatic rings. The van der Waals surface area contributed by atoms with Crippen LogP contribution in [-0.4, -0.2) is 20.2 Å². The average Bonchev–Trinajstić information content (AvgIpc) is 2.90. The van der Waals surface area contributed by atoms with Crippen LogP contribution < -0.4 is 15.4 Å². The van der Waals surface area contributed by atoms with Crippen molar-refractivity contribution in [3.63, 3.8) is 0 Å². The number of ether oxygens (including phenoxy) is 1. The summed E-state index contributed by atoms with van der Waals surface area (Å²) in [7, 11) is 1.70. The molecule has 0 aromatic heterocycles. The van der Waals surface area contributed by atoms with Gasteiger partial charge in [-0.2, -0.15) is 0 Å². The van der Waals surface area contributed by atoms with Crippen molar-refractivity contribution >= 4 is 11.4 Å². The predicted octanol–water partition coefficient (Wildman–Crippen LogP) is 2.51. The Balaban J connectivity index is 1.84. The molecule has 1 saturated heterocycles. The number of fused-ring (bicyclic) bond motifs is 1. The number of nitrogens with zero attached hydrogens (tertiary/aromatic N) is 1. The fourth-order valence-electron chi connectivity index (χ4n) is 3.36. The van der Waals surface area contributed by atoms with Crippen LogP contribution >= 0.6 is 0 Å². The predicted molar refractivity (Wildman–Crippen MR) is 70.5 cm³/mol. The van der Waals surface area contributed by atoms with Crippen molar-refractivity contribution in [2.75, 3.05) is 30.8 Å². The molecule has 0 amide bonds. The number of nitrogen functional groups attached to an aromatic ring is 1. The Labute approximate surface area is 103 Å². The molecule has 2 atom stereocenters. The third-order valence-corrected chi connectivity index (χ3v) is 4.30. The molecular weight excluding hydrogens is 212 g/mol. The van der Waals surface area contributed by atoms with Gasteiger partial charge in [0.15, 0.2) is 0 Å². The highest BCUT2D eigenvalue weighted by Gasteiger charge is 2.36. The summed E-state index contributed by atoms with van der Waals surface area (Å²) in [6, 6.07) is 5.94. The van der Waals surface area contributed by atoms with Crippen LogP contribution in [0.25, 0.3) is 0 Å². The van der Waals surface area contributed by atoms with Crippen LogP contribution in [-0.2, 0) is 0 Å². The Morgan fingerprint density at radius 2 is 1.94 bits per heavy atom. The lowest BCUT2D eigenvalue weighted by atomic mass is 10.0. The van der Waals surface area contributed by atoms with Gasteiger partial charge in [-0.25, -0.2) is 0 Å². The second-order valence-electron chi connectivity index (χ2n) is 5.28. The fourth-order valence-corrected chi connectivity index (χ4v) is 3.36. The van der Waals surface area contributed by atoms with Gasteiger partial charge >= 0.3 is 0 Å². The lowest BCUT2D eigenvalue weighted by molar-refractivity contribution is 0.415. The molecule has 0 bridgehead atoms. The number of rotatable bonds is 2. The molecule has 3 heteroatoms. The Hall–Kier alpha value is -1.38. The van der Waals surface area contributed by atoms with E-state index >= 15 is 0 Å². The Morgan fingerprint density at radius 3 is 2.59 bits per heavy atom. The van der Waals surface area contributed by atoms with Crippen LogP contribution in [0.5, 0.6) is 5.75 Å². The smallest absolute Gasteiger partial charge is 0.121 e. The lowest BCUT2D eigenvalue weighted by Crippen LogP contribution is -2.21. The van der Waals surface area contributed by atoms with E-state index in [1.807, 2.05) is 12.1 Å². The second-order valence-corrected chi connectivity index (χ2v) is 5.28. The minimum atomic E-state index is 0.866. The summed E-state index contributed by atoms with van der Waals surface area (Å²) in [5.74, 6) is 2.67. The van der Waals surface area contributed by atoms with Gasteiger partial charge in [0.1, 0.15) is 5.75 Å². The molecular formula is C14H20N2O. The van der Waals surface area contributed by atoms with Crippen molar-refractivity contribution in [2.45, 2.75) is 19.3 Å². The molecule has 0 spiro atoms. The van der Waals surface area contributed by atoms with E-state index in [1.54, 1.807) is 7.11 Å². The highest BCUT2D eigenvalue weighted by Crippen LogP contribution is 2.41. The quantitative estimate of drug-likeness (QED) is 0.796. The van der Waals surface area contributed by atoms with Crippen molar-refractivity contribution < 1.29 is 4.74 Å². The van der Waals surface area contributed by atoms with Gasteiger partial charge in [-0.15, -0.1) is 0 Å². The molecule has 3 rings (SSSR count). The van der Waals surface area contributed by atoms with Crippen molar-refractivity contribution in [3.8, 4) is 5.75 Å². The summed E-state index contributed by atoms with van der Waals surface area (Å²) in [6.45, 7) is 2.34. The molecule has 2 fully saturated rings. The zero-order valence-corrected chi connectivity index (χ0v) is 10.4. The van der Waals surface area contributed by atoms with Gasteiger partial charge in [0, 0.05) is 19.2 Å². The molecule has 2 aliphatic rings. The van der Waals surface area contributed by atoms with Crippen molar-refractivity contribution in [3.05, 3.63) is 18.2 Å². The lowest BCUT2D eigenvalue weighted by Gasteiger charge is -2.22. The highest BCUT2D eigenvalue weighted by molar-refractivity contribution is 5.70. The molecule has 1 saturated carbocycles. The molecule has 2 N–H and O–H groups in total. The third kappa shape index (κ3) is 1.84. The van der Waals surface area contributed by atoms with Crippen molar-refractivity contribution in [1.82, 2.24) is 0 Å². The van der Waals surface area contributed by atoms with Crippen LogP contribution in [0, 0.1) is 11.8 Å². The molecule has 2 unspecified atom stereocenters. The van der Waals surface area contributed by atoms with Gasteiger partial charge < -0.3 is 15.4 Å². The molecule has 92 valence electrons. The van der Waals surface area contributed by atoms with E-state index < -0.39 is 0 Å². The average molecular weight is 232 g/mol. The molecule has 1 aliphatic heterocycles. The summed E-state index contributed by atoms with van der Waals surface area (Å²) in [6.07, 6.45) is 4.20. The number of hydrogen-bond acceptors (Lipinski definition) is 3. The van der Waals surface area contributed by atoms with Crippen LogP contribution in [0.3, 0.4) is 0 Å². The van der Waals surface area contributed by atoms with E-state index in [0.717, 1.165) is 29.0 Å². The maximum absolute atomic E-state index is 6.08. The maximum atomic E-state index is 6.08. The molecule has 1 aliphatic carbocycles. The topological polar surface area (TPSA) is 38.5 Å². The molecule has 17 heavy (non-hydrogen) atoms. The van der Waals surface area contributed by atoms with Gasteiger partial charge in [0.2, 0.25) is 0 Å². The van der Waals surface area contributed by atoms with Crippen LogP contribution in [0.2, 0.25) is 0 Å². The van der Waals surface area contributed by atoms with Crippen LogP contribution in [0.1, 0.15) is 19.3 Å². The zero-order valence-electron chi connectivity index (χ0n) is 10.4. The van der Waals surface area contributed by atoms with Crippen molar-refractivity contribution in [2.24, 2.45) is 11.8 Å². The monoisotopic (exact) mass is 232 g/mol. The van der Waals surface area contributed by atoms with E-state index in [0.29, 0.717) is 0 Å². The van der Waals surface area contributed by atoms with E-state index in [4.69, 9.17) is 10.5 Å². The minimum absolute atomic E-state index is 0.866. The first kappa shape index (κ1) is 10.8. The first-order valence-electron chi connectivity index (χ1n) is 6.46. The Morgan fingerprint density at radius 1 is 1.24 bits per heavy atom. The van der Waals surface area contributed by atoms with E-state index in [1.165, 1.54) is 32.4 Å². The highest BCUT2D eigenvalue weighted by atomic mass is 16.5. The first-order chi connectivity index (χ1) is 8.28. The zero-order chi connectivity index (χ0) is 11.8. The number of methoxy groups -OCH3 is 1. The van der Waals surface area contributed by atoms with Gasteiger partial charge in [-0.1, -0.05) is 6.42 Å². The first-order valence-corrected chi connectivity index (χ1v) is 6.46. The summed E-state index contributed by atoms with van der Waals surface area (Å²) in [5.41, 5.74) is 8.10. The summed E-state index contributed by atoms with van der Waals surface area (Å²) in [4.78, 5) is 2.44. The molecule has 1 heterocycles. The van der Waals surface area contributed by atoms with Gasteiger partial charge in [0.25, 0.3) is 0 Å². The Kier molecular flexibility index (Phi) is 2.61. The normalized spacial score (nSPS) is 27.2. The molecule has 1 aromatic carbocycles. The second kappa shape index (κ2) is 4.13. The van der Waals surface area contributed by atoms with E-state index in [2.05, 4.69) is 11.0 Å². The van der Waals surface area contributed by atoms with Crippen LogP contribution in [0.15, 0.2) is 18.2 Å². The van der Waals surface area contributed by atoms with E-state index in [-0.39, 0.29) is 0 Å². The third-order valence-electron chi connectivity index (χ3n) is 4.30. The van der Waals surface area contributed by atoms with Gasteiger partial charge in [0.05, 0.1) is 18.5 Å². The maximum Gasteiger partial charge on any atom is 0.121 e. The van der Waals surface area contributed by atoms with E-state index in [9.17, 15) is 0 Å². The summed E-state index contributed by atoms with van der Waals surface area (Å²) >= 11 is 0. The largest absolute Gasteiger partial charge is 0.497 e. The molecule has 3 nitrogen and oxygen atoms in total.